The number of nitrogens with zero attached hydrogens (tertiary/aromatic N) is 1. The molecule has 1 N–H and O–H groups in total. The van der Waals surface area contributed by atoms with Crippen LogP contribution in [0.15, 0.2) is 0 Å². The molecule has 19 heavy (non-hydrogen) atoms. The van der Waals surface area contributed by atoms with Gasteiger partial charge in [0.15, 0.2) is 0 Å². The molecule has 0 amide bonds. The molecular formula is C13H26N2O3S. The normalized spacial score (nSPS) is 30.5. The fraction of sp³-hybridized carbons (Fsp3) is 1.00. The van der Waals surface area contributed by atoms with Crippen molar-refractivity contribution in [3.63, 3.8) is 0 Å². The molecule has 0 radical (unpaired) electrons. The molecule has 0 saturated heterocycles. The summed E-state index contributed by atoms with van der Waals surface area (Å²) in [5.74, 6) is 0. The fourth-order valence-electron chi connectivity index (χ4n) is 3.51. The molecule has 0 heterocycles. The molecule has 0 aliphatic heterocycles. The van der Waals surface area contributed by atoms with Crippen molar-refractivity contribution in [2.24, 2.45) is 5.41 Å². The lowest BCUT2D eigenvalue weighted by atomic mass is 9.55. The first kappa shape index (κ1) is 15.2. The summed E-state index contributed by atoms with van der Waals surface area (Å²) in [6.45, 7) is 2.72. The van der Waals surface area contributed by atoms with Crippen LogP contribution in [0.2, 0.25) is 0 Å². The maximum Gasteiger partial charge on any atom is 0.279 e. The van der Waals surface area contributed by atoms with Crippen LogP contribution in [-0.4, -0.2) is 45.6 Å². The topological polar surface area (TPSA) is 58.6 Å². The van der Waals surface area contributed by atoms with Gasteiger partial charge in [0.2, 0.25) is 0 Å². The molecule has 2 aliphatic rings. The second-order valence-electron chi connectivity index (χ2n) is 5.93. The number of ether oxygens (including phenoxy) is 1. The van der Waals surface area contributed by atoms with Crippen molar-refractivity contribution in [2.75, 3.05) is 20.7 Å². The van der Waals surface area contributed by atoms with Crippen LogP contribution in [0.4, 0.5) is 0 Å². The van der Waals surface area contributed by atoms with Gasteiger partial charge in [0.05, 0.1) is 6.10 Å². The first-order valence-corrected chi connectivity index (χ1v) is 8.68. The van der Waals surface area contributed by atoms with E-state index in [2.05, 4.69) is 4.72 Å². The molecule has 0 aromatic heterocycles. The third-order valence-electron chi connectivity index (χ3n) is 4.71. The molecule has 2 aliphatic carbocycles. The molecule has 6 heteroatoms. The van der Waals surface area contributed by atoms with E-state index in [1.165, 1.54) is 23.6 Å². The maximum atomic E-state index is 12.0. The van der Waals surface area contributed by atoms with Gasteiger partial charge in [-0.2, -0.15) is 17.4 Å². The van der Waals surface area contributed by atoms with Crippen LogP contribution in [0.25, 0.3) is 0 Å². The molecule has 0 bridgehead atoms. The van der Waals surface area contributed by atoms with Crippen molar-refractivity contribution in [1.29, 1.82) is 0 Å². The zero-order valence-corrected chi connectivity index (χ0v) is 13.0. The molecular weight excluding hydrogens is 264 g/mol. The van der Waals surface area contributed by atoms with Crippen molar-refractivity contribution in [1.82, 2.24) is 9.03 Å². The number of rotatable bonds is 5. The monoisotopic (exact) mass is 290 g/mol. The van der Waals surface area contributed by atoms with Gasteiger partial charge in [-0.15, -0.1) is 0 Å². The highest BCUT2D eigenvalue weighted by atomic mass is 32.2. The summed E-state index contributed by atoms with van der Waals surface area (Å²) in [5, 5.41) is 0. The highest BCUT2D eigenvalue weighted by Crippen LogP contribution is 2.53. The Morgan fingerprint density at radius 2 is 1.89 bits per heavy atom. The Kier molecular flexibility index (Phi) is 4.55. The second-order valence-corrected chi connectivity index (χ2v) is 7.85. The predicted molar refractivity (Wildman–Crippen MR) is 75.1 cm³/mol. The average molecular weight is 290 g/mol. The summed E-state index contributed by atoms with van der Waals surface area (Å²) in [6, 6.07) is 0.0387. The summed E-state index contributed by atoms with van der Waals surface area (Å²) in [4.78, 5) is 0. The van der Waals surface area contributed by atoms with Gasteiger partial charge in [-0.1, -0.05) is 19.3 Å². The third-order valence-corrected chi connectivity index (χ3v) is 6.25. The van der Waals surface area contributed by atoms with E-state index < -0.39 is 10.2 Å². The van der Waals surface area contributed by atoms with Gasteiger partial charge in [0.1, 0.15) is 0 Å². The van der Waals surface area contributed by atoms with Crippen molar-refractivity contribution in [3.05, 3.63) is 0 Å². The predicted octanol–water partition coefficient (Wildman–Crippen LogP) is 1.51. The van der Waals surface area contributed by atoms with Gasteiger partial charge in [0, 0.05) is 32.2 Å². The third kappa shape index (κ3) is 2.82. The van der Waals surface area contributed by atoms with Crippen LogP contribution in [-0.2, 0) is 14.9 Å². The quantitative estimate of drug-likeness (QED) is 0.835. The van der Waals surface area contributed by atoms with Gasteiger partial charge in [-0.05, 0) is 26.2 Å². The highest BCUT2D eigenvalue weighted by molar-refractivity contribution is 7.87. The lowest BCUT2D eigenvalue weighted by molar-refractivity contribution is -0.144. The van der Waals surface area contributed by atoms with E-state index in [0.717, 1.165) is 19.3 Å². The van der Waals surface area contributed by atoms with E-state index in [0.29, 0.717) is 6.61 Å². The van der Waals surface area contributed by atoms with Gasteiger partial charge >= 0.3 is 0 Å². The van der Waals surface area contributed by atoms with Gasteiger partial charge in [-0.25, -0.2) is 0 Å². The van der Waals surface area contributed by atoms with Crippen LogP contribution in [0, 0.1) is 5.41 Å². The van der Waals surface area contributed by atoms with Crippen LogP contribution >= 0.6 is 0 Å². The molecule has 2 rings (SSSR count). The zero-order valence-electron chi connectivity index (χ0n) is 12.2. The van der Waals surface area contributed by atoms with Crippen LogP contribution in [0.3, 0.4) is 0 Å². The van der Waals surface area contributed by atoms with Crippen molar-refractivity contribution >= 4 is 10.2 Å². The molecule has 5 nitrogen and oxygen atoms in total. The lowest BCUT2D eigenvalue weighted by Crippen LogP contribution is -2.66. The summed E-state index contributed by atoms with van der Waals surface area (Å²) in [7, 11) is -0.216. The van der Waals surface area contributed by atoms with E-state index >= 15 is 0 Å². The summed E-state index contributed by atoms with van der Waals surface area (Å²) >= 11 is 0. The van der Waals surface area contributed by atoms with Crippen molar-refractivity contribution < 1.29 is 13.2 Å². The van der Waals surface area contributed by atoms with Crippen LogP contribution < -0.4 is 4.72 Å². The Balaban J connectivity index is 2.09. The number of hydrogen-bond donors (Lipinski definition) is 1. The number of hydrogen-bond acceptors (Lipinski definition) is 3. The minimum absolute atomic E-state index is 0.0387. The van der Waals surface area contributed by atoms with E-state index in [9.17, 15) is 8.42 Å². The number of nitrogens with one attached hydrogen (secondary N) is 1. The van der Waals surface area contributed by atoms with Gasteiger partial charge in [-0.3, -0.25) is 0 Å². The van der Waals surface area contributed by atoms with Crippen molar-refractivity contribution in [3.8, 4) is 0 Å². The zero-order chi connectivity index (χ0) is 14.1. The summed E-state index contributed by atoms with van der Waals surface area (Å²) in [6.07, 6.45) is 6.83. The standard InChI is InChI=1S/C13H26N2O3S/c1-4-18-12-10-11(14-19(16,17)15(2)3)13(12)8-6-5-7-9-13/h11-12,14H,4-10H2,1-3H3. The SMILES string of the molecule is CCOC1CC(NS(=O)(=O)N(C)C)C12CCCCC2. The summed E-state index contributed by atoms with van der Waals surface area (Å²) in [5.41, 5.74) is 0.0390. The van der Waals surface area contributed by atoms with Gasteiger partial charge < -0.3 is 4.74 Å². The van der Waals surface area contributed by atoms with Crippen LogP contribution in [0.1, 0.15) is 45.4 Å². The van der Waals surface area contributed by atoms with E-state index in [4.69, 9.17) is 4.74 Å². The first-order chi connectivity index (χ1) is 8.92. The lowest BCUT2D eigenvalue weighted by Gasteiger charge is -2.57. The Bertz CT molecular complexity index is 402. The molecule has 0 aromatic rings. The largest absolute Gasteiger partial charge is 0.378 e. The summed E-state index contributed by atoms with van der Waals surface area (Å²) < 4.78 is 33.9. The van der Waals surface area contributed by atoms with Crippen LogP contribution in [0.5, 0.6) is 0 Å². The fourth-order valence-corrected chi connectivity index (χ4v) is 4.41. The molecule has 2 saturated carbocycles. The van der Waals surface area contributed by atoms with Gasteiger partial charge in [0.25, 0.3) is 10.2 Å². The molecule has 2 unspecified atom stereocenters. The molecule has 1 spiro atoms. The highest BCUT2D eigenvalue weighted by Gasteiger charge is 2.56. The Labute approximate surface area is 116 Å². The smallest absolute Gasteiger partial charge is 0.279 e. The van der Waals surface area contributed by atoms with E-state index in [-0.39, 0.29) is 17.6 Å². The van der Waals surface area contributed by atoms with E-state index in [1.54, 1.807) is 14.1 Å². The Morgan fingerprint density at radius 1 is 1.26 bits per heavy atom. The molecule has 2 fully saturated rings. The molecule has 0 aromatic carbocycles. The first-order valence-electron chi connectivity index (χ1n) is 7.24. The minimum Gasteiger partial charge on any atom is -0.378 e. The average Bonchev–Trinajstić information content (AvgIpc) is 2.38. The second kappa shape index (κ2) is 5.68. The van der Waals surface area contributed by atoms with E-state index in [1.807, 2.05) is 6.92 Å². The molecule has 112 valence electrons. The van der Waals surface area contributed by atoms with Crippen molar-refractivity contribution in [2.45, 2.75) is 57.6 Å². The minimum atomic E-state index is -3.34. The molecule has 2 atom stereocenters. The Morgan fingerprint density at radius 3 is 2.42 bits per heavy atom. The Hall–Kier alpha value is -0.170. The maximum absolute atomic E-state index is 12.0.